The molecule has 0 N–H and O–H groups in total. The highest BCUT2D eigenvalue weighted by molar-refractivity contribution is 5.51. The molecule has 130 valence electrons. The Labute approximate surface area is 144 Å². The van der Waals surface area contributed by atoms with Gasteiger partial charge in [0.25, 0.3) is 5.89 Å². The van der Waals surface area contributed by atoms with Crippen molar-refractivity contribution in [1.29, 1.82) is 0 Å². The average Bonchev–Trinajstić information content (AvgIpc) is 3.21. The van der Waals surface area contributed by atoms with E-state index in [0.717, 1.165) is 11.3 Å². The molecule has 0 aliphatic carbocycles. The molecule has 1 aliphatic rings. The average molecular weight is 342 g/mol. The normalized spacial score (nSPS) is 17.5. The zero-order valence-corrected chi connectivity index (χ0v) is 14.4. The topological polar surface area (TPSA) is 66.0 Å². The molecule has 25 heavy (non-hydrogen) atoms. The van der Waals surface area contributed by atoms with Crippen molar-refractivity contribution in [2.75, 3.05) is 0 Å². The Morgan fingerprint density at radius 1 is 1.20 bits per heavy atom. The fourth-order valence-electron chi connectivity index (χ4n) is 2.81. The molecule has 6 nitrogen and oxygen atoms in total. The maximum atomic E-state index is 13.1. The molecule has 0 amide bonds. The number of imidazole rings is 1. The van der Waals surface area contributed by atoms with E-state index in [1.807, 2.05) is 25.3 Å². The number of ether oxygens (including phenoxy) is 1. The van der Waals surface area contributed by atoms with Gasteiger partial charge in [-0.3, -0.25) is 0 Å². The van der Waals surface area contributed by atoms with Crippen molar-refractivity contribution in [3.63, 3.8) is 0 Å². The molecule has 1 aromatic carbocycles. The maximum absolute atomic E-state index is 13.1. The van der Waals surface area contributed by atoms with Gasteiger partial charge in [0.1, 0.15) is 11.9 Å². The van der Waals surface area contributed by atoms with Crippen molar-refractivity contribution in [3.05, 3.63) is 53.5 Å². The zero-order valence-electron chi connectivity index (χ0n) is 14.4. The van der Waals surface area contributed by atoms with Gasteiger partial charge in [-0.1, -0.05) is 38.1 Å². The van der Waals surface area contributed by atoms with Crippen LogP contribution < -0.4 is 0 Å². The third-order valence-corrected chi connectivity index (χ3v) is 4.27. The highest BCUT2D eigenvalue weighted by Crippen LogP contribution is 2.32. The van der Waals surface area contributed by atoms with Crippen LogP contribution in [0.15, 0.2) is 35.1 Å². The summed E-state index contributed by atoms with van der Waals surface area (Å²) in [6, 6.07) is 6.38. The molecule has 4 rings (SSSR count). The van der Waals surface area contributed by atoms with E-state index in [1.54, 1.807) is 18.5 Å². The Bertz CT molecular complexity index is 893. The summed E-state index contributed by atoms with van der Waals surface area (Å²) in [4.78, 5) is 8.90. The number of aromatic nitrogens is 4. The van der Waals surface area contributed by atoms with Gasteiger partial charge >= 0.3 is 0 Å². The SMILES string of the molecule is CC(C)(C)c1noc(-c2ncn3c2CO[C@H](c2ccc(F)cc2)C3)n1. The zero-order chi connectivity index (χ0) is 17.6. The first-order valence-corrected chi connectivity index (χ1v) is 8.17. The minimum Gasteiger partial charge on any atom is -0.365 e. The van der Waals surface area contributed by atoms with Gasteiger partial charge in [0.2, 0.25) is 0 Å². The molecule has 0 fully saturated rings. The van der Waals surface area contributed by atoms with Gasteiger partial charge in [0, 0.05) is 5.41 Å². The summed E-state index contributed by atoms with van der Waals surface area (Å²) < 4.78 is 26.5. The molecule has 3 heterocycles. The van der Waals surface area contributed by atoms with E-state index >= 15 is 0 Å². The first-order valence-electron chi connectivity index (χ1n) is 8.17. The van der Waals surface area contributed by atoms with Crippen LogP contribution in [0.2, 0.25) is 0 Å². The first-order chi connectivity index (χ1) is 11.9. The largest absolute Gasteiger partial charge is 0.365 e. The van der Waals surface area contributed by atoms with E-state index in [9.17, 15) is 4.39 Å². The minimum atomic E-state index is -0.254. The standard InChI is InChI=1S/C18H19FN4O2/c1-18(2,3)17-21-16(25-22-17)15-13-9-24-14(8-23(13)10-20-15)11-4-6-12(19)7-5-11/h4-7,10,14H,8-9H2,1-3H3/t14-/m0/s1. The van der Waals surface area contributed by atoms with Gasteiger partial charge in [-0.15, -0.1) is 0 Å². The van der Waals surface area contributed by atoms with Crippen molar-refractivity contribution >= 4 is 0 Å². The Morgan fingerprint density at radius 3 is 2.64 bits per heavy atom. The lowest BCUT2D eigenvalue weighted by Crippen LogP contribution is -2.20. The van der Waals surface area contributed by atoms with E-state index in [1.165, 1.54) is 12.1 Å². The fourth-order valence-corrected chi connectivity index (χ4v) is 2.81. The number of nitrogens with zero attached hydrogens (tertiary/aromatic N) is 4. The third-order valence-electron chi connectivity index (χ3n) is 4.27. The van der Waals surface area contributed by atoms with Gasteiger partial charge in [0.05, 0.1) is 25.2 Å². The predicted octanol–water partition coefficient (Wildman–Crippen LogP) is 3.64. The smallest absolute Gasteiger partial charge is 0.278 e. The molecule has 0 bridgehead atoms. The molecule has 1 atom stereocenters. The Kier molecular flexibility index (Phi) is 3.68. The number of hydrogen-bond acceptors (Lipinski definition) is 5. The van der Waals surface area contributed by atoms with Crippen LogP contribution in [0.25, 0.3) is 11.6 Å². The molecule has 2 aromatic heterocycles. The molecule has 0 unspecified atom stereocenters. The van der Waals surface area contributed by atoms with Crippen LogP contribution in [0.1, 0.15) is 44.0 Å². The number of rotatable bonds is 2. The van der Waals surface area contributed by atoms with Crippen LogP contribution in [0.3, 0.4) is 0 Å². The van der Waals surface area contributed by atoms with Gasteiger partial charge in [0.15, 0.2) is 11.5 Å². The molecule has 0 radical (unpaired) electrons. The molecule has 0 spiro atoms. The van der Waals surface area contributed by atoms with Crippen molar-refractivity contribution in [3.8, 4) is 11.6 Å². The summed E-state index contributed by atoms with van der Waals surface area (Å²) in [5, 5.41) is 4.05. The van der Waals surface area contributed by atoms with Gasteiger partial charge < -0.3 is 13.8 Å². The molecule has 0 saturated carbocycles. The van der Waals surface area contributed by atoms with Gasteiger partial charge in [-0.25, -0.2) is 9.37 Å². The number of hydrogen-bond donors (Lipinski definition) is 0. The molecule has 3 aromatic rings. The molecule has 1 aliphatic heterocycles. The van der Waals surface area contributed by atoms with Crippen LogP contribution >= 0.6 is 0 Å². The Morgan fingerprint density at radius 2 is 1.96 bits per heavy atom. The molecule has 0 saturated heterocycles. The second-order valence-electron chi connectivity index (χ2n) is 7.22. The number of halogens is 1. The summed E-state index contributed by atoms with van der Waals surface area (Å²) in [7, 11) is 0. The third kappa shape index (κ3) is 2.95. The van der Waals surface area contributed by atoms with Crippen LogP contribution in [0, 0.1) is 5.82 Å². The lowest BCUT2D eigenvalue weighted by Gasteiger charge is -2.25. The van der Waals surface area contributed by atoms with Crippen LogP contribution in [-0.2, 0) is 23.3 Å². The minimum absolute atomic E-state index is 0.136. The van der Waals surface area contributed by atoms with E-state index in [4.69, 9.17) is 9.26 Å². The summed E-state index contributed by atoms with van der Waals surface area (Å²) in [5.41, 5.74) is 2.31. The summed E-state index contributed by atoms with van der Waals surface area (Å²) in [6.07, 6.45) is 1.62. The van der Waals surface area contributed by atoms with Crippen LogP contribution in [-0.4, -0.2) is 19.7 Å². The maximum Gasteiger partial charge on any atom is 0.278 e. The van der Waals surface area contributed by atoms with Crippen molar-refractivity contribution < 1.29 is 13.7 Å². The monoisotopic (exact) mass is 342 g/mol. The van der Waals surface area contributed by atoms with E-state index in [2.05, 4.69) is 15.1 Å². The van der Waals surface area contributed by atoms with Gasteiger partial charge in [-0.05, 0) is 17.7 Å². The lowest BCUT2D eigenvalue weighted by atomic mass is 9.96. The highest BCUT2D eigenvalue weighted by Gasteiger charge is 2.28. The van der Waals surface area contributed by atoms with E-state index in [0.29, 0.717) is 30.6 Å². The lowest BCUT2D eigenvalue weighted by molar-refractivity contribution is 0.00326. The number of benzene rings is 1. The summed E-state index contributed by atoms with van der Waals surface area (Å²) in [6.45, 7) is 7.07. The second kappa shape index (κ2) is 5.77. The van der Waals surface area contributed by atoms with E-state index < -0.39 is 0 Å². The Balaban J connectivity index is 1.60. The second-order valence-corrected chi connectivity index (χ2v) is 7.22. The quantitative estimate of drug-likeness (QED) is 0.711. The molecule has 7 heteroatoms. The summed E-state index contributed by atoms with van der Waals surface area (Å²) >= 11 is 0. The van der Waals surface area contributed by atoms with Crippen LogP contribution in [0.4, 0.5) is 4.39 Å². The predicted molar refractivity (Wildman–Crippen MR) is 88.1 cm³/mol. The molecular weight excluding hydrogens is 323 g/mol. The van der Waals surface area contributed by atoms with Gasteiger partial charge in [-0.2, -0.15) is 4.98 Å². The van der Waals surface area contributed by atoms with E-state index in [-0.39, 0.29) is 17.3 Å². The van der Waals surface area contributed by atoms with Crippen LogP contribution in [0.5, 0.6) is 0 Å². The van der Waals surface area contributed by atoms with Crippen molar-refractivity contribution in [2.45, 2.75) is 45.4 Å². The van der Waals surface area contributed by atoms with Crippen molar-refractivity contribution in [2.24, 2.45) is 0 Å². The molecular formula is C18H19FN4O2. The first kappa shape index (κ1) is 16.0. The van der Waals surface area contributed by atoms with Crippen molar-refractivity contribution in [1.82, 2.24) is 19.7 Å². The fraction of sp³-hybridized carbons (Fsp3) is 0.389. The Hall–Kier alpha value is -2.54. The summed E-state index contributed by atoms with van der Waals surface area (Å²) in [5.74, 6) is 0.795. The number of fused-ring (bicyclic) bond motifs is 1. The highest BCUT2D eigenvalue weighted by atomic mass is 19.1.